The molecule has 0 unspecified atom stereocenters. The number of hydrogen-bond donors (Lipinski definition) is 0. The summed E-state index contributed by atoms with van der Waals surface area (Å²) >= 11 is 1.04. The molecule has 2 aromatic rings. The normalized spacial score (nSPS) is 10.4. The average molecular weight is 278 g/mol. The number of nitro groups is 1. The van der Waals surface area contributed by atoms with E-state index < -0.39 is 4.92 Å². The predicted octanol–water partition coefficient (Wildman–Crippen LogP) is 2.01. The second-order valence-electron chi connectivity index (χ2n) is 3.96. The maximum atomic E-state index is 12.0. The molecule has 1 aromatic heterocycles. The van der Waals surface area contributed by atoms with Crippen molar-refractivity contribution in [2.45, 2.75) is 13.5 Å². The highest BCUT2D eigenvalue weighted by Crippen LogP contribution is 2.13. The number of ketones is 1. The summed E-state index contributed by atoms with van der Waals surface area (Å²) in [6, 6.07) is 5.34. The summed E-state index contributed by atoms with van der Waals surface area (Å²) in [6.45, 7) is 1.70. The second kappa shape index (κ2) is 5.15. The fourth-order valence-corrected chi connectivity index (χ4v) is 2.33. The third kappa shape index (κ3) is 2.76. The smallest absolute Gasteiger partial charge is 0.296 e. The molecule has 6 nitrogen and oxygen atoms in total. The number of thiazole rings is 1. The number of nitrogens with zero attached hydrogens (tertiary/aromatic N) is 2. The van der Waals surface area contributed by atoms with E-state index >= 15 is 0 Å². The third-order valence-corrected chi connectivity index (χ3v) is 3.56. The lowest BCUT2D eigenvalue weighted by atomic mass is 10.1. The van der Waals surface area contributed by atoms with Crippen molar-refractivity contribution in [3.05, 3.63) is 60.7 Å². The topological polar surface area (TPSA) is 82.2 Å². The lowest BCUT2D eigenvalue weighted by molar-refractivity contribution is -0.384. The van der Waals surface area contributed by atoms with Gasteiger partial charge in [-0.25, -0.2) is 0 Å². The summed E-state index contributed by atoms with van der Waals surface area (Å²) in [5.74, 6) is -0.251. The van der Waals surface area contributed by atoms with E-state index in [1.807, 2.05) is 0 Å². The van der Waals surface area contributed by atoms with Gasteiger partial charge in [-0.2, -0.15) is 0 Å². The van der Waals surface area contributed by atoms with Crippen LogP contribution in [0, 0.1) is 17.0 Å². The predicted molar refractivity (Wildman–Crippen MR) is 70.7 cm³/mol. The molecule has 98 valence electrons. The molecule has 0 radical (unpaired) electrons. The first-order chi connectivity index (χ1) is 8.99. The monoisotopic (exact) mass is 278 g/mol. The Morgan fingerprint density at radius 2 is 2.00 bits per heavy atom. The minimum Gasteiger partial charge on any atom is -0.296 e. The van der Waals surface area contributed by atoms with Gasteiger partial charge in [-0.3, -0.25) is 24.3 Å². The molecule has 0 aliphatic carbocycles. The van der Waals surface area contributed by atoms with Crippen LogP contribution in [0.2, 0.25) is 0 Å². The summed E-state index contributed by atoms with van der Waals surface area (Å²) in [5, 5.41) is 12.2. The SMILES string of the molecule is Cc1csc(=O)n1CC(=O)c1ccc([N+](=O)[O-])cc1. The molecule has 0 atom stereocenters. The fraction of sp³-hybridized carbons (Fsp3) is 0.167. The number of nitro benzene ring substituents is 1. The summed E-state index contributed by atoms with van der Waals surface area (Å²) < 4.78 is 1.38. The van der Waals surface area contributed by atoms with Crippen LogP contribution in [0.1, 0.15) is 16.1 Å². The Bertz CT molecular complexity index is 685. The number of aryl methyl sites for hydroxylation is 1. The van der Waals surface area contributed by atoms with Gasteiger partial charge in [0.2, 0.25) is 0 Å². The van der Waals surface area contributed by atoms with E-state index in [0.29, 0.717) is 5.56 Å². The third-order valence-electron chi connectivity index (χ3n) is 2.68. The molecule has 0 bridgehead atoms. The van der Waals surface area contributed by atoms with Crippen LogP contribution in [0.15, 0.2) is 34.4 Å². The standard InChI is InChI=1S/C12H10N2O4S/c1-8-7-19-12(16)13(8)6-11(15)9-2-4-10(5-3-9)14(17)18/h2-5,7H,6H2,1H3. The first-order valence-electron chi connectivity index (χ1n) is 5.41. The zero-order chi connectivity index (χ0) is 14.0. The van der Waals surface area contributed by atoms with Gasteiger partial charge in [0.15, 0.2) is 5.78 Å². The highest BCUT2D eigenvalue weighted by atomic mass is 32.1. The van der Waals surface area contributed by atoms with Gasteiger partial charge < -0.3 is 0 Å². The van der Waals surface area contributed by atoms with Crippen molar-refractivity contribution in [1.29, 1.82) is 0 Å². The van der Waals surface area contributed by atoms with Crippen molar-refractivity contribution in [2.24, 2.45) is 0 Å². The fourth-order valence-electron chi connectivity index (χ4n) is 1.60. The van der Waals surface area contributed by atoms with Crippen molar-refractivity contribution in [1.82, 2.24) is 4.57 Å². The van der Waals surface area contributed by atoms with Gasteiger partial charge in [0, 0.05) is 28.8 Å². The maximum absolute atomic E-state index is 12.0. The summed E-state index contributed by atoms with van der Waals surface area (Å²) in [5.41, 5.74) is 1.01. The van der Waals surface area contributed by atoms with Crippen LogP contribution in [0.4, 0.5) is 5.69 Å². The zero-order valence-electron chi connectivity index (χ0n) is 10.0. The van der Waals surface area contributed by atoms with Crippen LogP contribution in [0.3, 0.4) is 0 Å². The van der Waals surface area contributed by atoms with Crippen molar-refractivity contribution < 1.29 is 9.72 Å². The highest BCUT2D eigenvalue weighted by molar-refractivity contribution is 7.07. The molecule has 0 aliphatic heterocycles. The average Bonchev–Trinajstić information content (AvgIpc) is 2.70. The van der Waals surface area contributed by atoms with E-state index in [-0.39, 0.29) is 22.9 Å². The van der Waals surface area contributed by atoms with Gasteiger partial charge >= 0.3 is 4.87 Å². The van der Waals surface area contributed by atoms with Crippen LogP contribution in [-0.4, -0.2) is 15.3 Å². The number of aromatic nitrogens is 1. The molecule has 19 heavy (non-hydrogen) atoms. The summed E-state index contributed by atoms with van der Waals surface area (Å²) in [4.78, 5) is 33.3. The first-order valence-corrected chi connectivity index (χ1v) is 6.29. The molecule has 1 heterocycles. The highest BCUT2D eigenvalue weighted by Gasteiger charge is 2.12. The summed E-state index contributed by atoms with van der Waals surface area (Å²) in [7, 11) is 0. The Labute approximate surface area is 112 Å². The molecular weight excluding hydrogens is 268 g/mol. The van der Waals surface area contributed by atoms with Crippen LogP contribution >= 0.6 is 11.3 Å². The quantitative estimate of drug-likeness (QED) is 0.486. The van der Waals surface area contributed by atoms with Gasteiger partial charge in [-0.15, -0.1) is 0 Å². The molecule has 0 amide bonds. The van der Waals surface area contributed by atoms with Crippen LogP contribution < -0.4 is 4.87 Å². The largest absolute Gasteiger partial charge is 0.307 e. The molecule has 0 aliphatic rings. The Kier molecular flexibility index (Phi) is 3.57. The molecule has 0 saturated carbocycles. The van der Waals surface area contributed by atoms with E-state index in [0.717, 1.165) is 17.0 Å². The number of benzene rings is 1. The molecule has 2 rings (SSSR count). The molecule has 7 heteroatoms. The molecule has 1 aromatic carbocycles. The van der Waals surface area contributed by atoms with Crippen molar-refractivity contribution >= 4 is 22.8 Å². The molecule has 0 N–H and O–H groups in total. The zero-order valence-corrected chi connectivity index (χ0v) is 10.8. The van der Waals surface area contributed by atoms with Crippen molar-refractivity contribution in [3.63, 3.8) is 0 Å². The maximum Gasteiger partial charge on any atom is 0.307 e. The molecular formula is C12H10N2O4S. The number of non-ortho nitro benzene ring substituents is 1. The lowest BCUT2D eigenvalue weighted by Gasteiger charge is -2.03. The van der Waals surface area contributed by atoms with Gasteiger partial charge in [-0.05, 0) is 19.1 Å². The molecule has 0 fully saturated rings. The van der Waals surface area contributed by atoms with Crippen molar-refractivity contribution in [2.75, 3.05) is 0 Å². The van der Waals surface area contributed by atoms with Gasteiger partial charge in [0.1, 0.15) is 0 Å². The van der Waals surface area contributed by atoms with E-state index in [1.54, 1.807) is 12.3 Å². The van der Waals surface area contributed by atoms with E-state index in [9.17, 15) is 19.7 Å². The number of Topliss-reactive ketones (excluding diaryl/α,β-unsaturated/α-hetero) is 1. The Morgan fingerprint density at radius 3 is 2.47 bits per heavy atom. The Balaban J connectivity index is 2.21. The van der Waals surface area contributed by atoms with Crippen LogP contribution in [0.25, 0.3) is 0 Å². The minimum atomic E-state index is -0.526. The van der Waals surface area contributed by atoms with E-state index in [1.165, 1.54) is 28.8 Å². The van der Waals surface area contributed by atoms with Crippen LogP contribution in [-0.2, 0) is 6.54 Å². The molecule has 0 saturated heterocycles. The molecule has 0 spiro atoms. The summed E-state index contributed by atoms with van der Waals surface area (Å²) in [6.07, 6.45) is 0. The Hall–Kier alpha value is -2.28. The van der Waals surface area contributed by atoms with Gasteiger partial charge in [0.25, 0.3) is 5.69 Å². The first kappa shape index (κ1) is 13.2. The van der Waals surface area contributed by atoms with Gasteiger partial charge in [0.05, 0.1) is 11.5 Å². The van der Waals surface area contributed by atoms with Crippen molar-refractivity contribution in [3.8, 4) is 0 Å². The number of carbonyl (C=O) groups excluding carboxylic acids is 1. The van der Waals surface area contributed by atoms with Gasteiger partial charge in [-0.1, -0.05) is 11.3 Å². The number of rotatable bonds is 4. The number of hydrogen-bond acceptors (Lipinski definition) is 5. The number of carbonyl (C=O) groups is 1. The van der Waals surface area contributed by atoms with E-state index in [4.69, 9.17) is 0 Å². The second-order valence-corrected chi connectivity index (χ2v) is 4.78. The minimum absolute atomic E-state index is 0.0496. The van der Waals surface area contributed by atoms with Crippen LogP contribution in [0.5, 0.6) is 0 Å². The van der Waals surface area contributed by atoms with E-state index in [2.05, 4.69) is 0 Å². The lowest BCUT2D eigenvalue weighted by Crippen LogP contribution is -2.20. The Morgan fingerprint density at radius 1 is 1.37 bits per heavy atom.